The second kappa shape index (κ2) is 4.03. The van der Waals surface area contributed by atoms with Crippen LogP contribution in [0.3, 0.4) is 0 Å². The van der Waals surface area contributed by atoms with Gasteiger partial charge in [0.25, 0.3) is 5.56 Å². The normalized spacial score (nSPS) is 34.9. The van der Waals surface area contributed by atoms with Crippen molar-refractivity contribution in [2.75, 3.05) is 12.3 Å². The molecule has 0 spiro atoms. The van der Waals surface area contributed by atoms with E-state index in [4.69, 9.17) is 10.5 Å². The zero-order valence-electron chi connectivity index (χ0n) is 11.1. The summed E-state index contributed by atoms with van der Waals surface area (Å²) >= 11 is 0. The molecule has 0 aromatic carbocycles. The van der Waals surface area contributed by atoms with E-state index in [1.165, 1.54) is 6.33 Å². The highest BCUT2D eigenvalue weighted by Gasteiger charge is 2.60. The molecule has 2 bridgehead atoms. The molecule has 2 aromatic heterocycles. The van der Waals surface area contributed by atoms with Crippen LogP contribution >= 0.6 is 0 Å². The van der Waals surface area contributed by atoms with Crippen LogP contribution in [0, 0.1) is 5.92 Å². The third-order valence-electron chi connectivity index (χ3n) is 4.56. The predicted molar refractivity (Wildman–Crippen MR) is 71.2 cm³/mol. The van der Waals surface area contributed by atoms with Crippen LogP contribution in [-0.2, 0) is 4.74 Å². The molecular weight excluding hydrogens is 278 g/mol. The lowest BCUT2D eigenvalue weighted by Crippen LogP contribution is -2.40. The van der Waals surface area contributed by atoms with Crippen molar-refractivity contribution in [3.63, 3.8) is 0 Å². The number of aliphatic hydroxyl groups excluding tert-OH is 2. The van der Waals surface area contributed by atoms with Crippen LogP contribution in [0.1, 0.15) is 19.1 Å². The quantitative estimate of drug-likeness (QED) is 0.541. The Bertz CT molecular complexity index is 771. The Labute approximate surface area is 118 Å². The Hall–Kier alpha value is -1.97. The summed E-state index contributed by atoms with van der Waals surface area (Å²) in [6.45, 7) is -0.246. The monoisotopic (exact) mass is 293 g/mol. The first kappa shape index (κ1) is 12.7. The number of aliphatic hydroxyl groups is 2. The van der Waals surface area contributed by atoms with Crippen LogP contribution in [-0.4, -0.2) is 48.0 Å². The van der Waals surface area contributed by atoms with Crippen molar-refractivity contribution in [3.8, 4) is 0 Å². The number of ether oxygens (including phenoxy) is 1. The molecule has 1 aliphatic carbocycles. The number of rotatable bonds is 2. The summed E-state index contributed by atoms with van der Waals surface area (Å²) in [6, 6.07) is 0. The number of nitrogen functional groups attached to an aromatic ring is 1. The van der Waals surface area contributed by atoms with Crippen molar-refractivity contribution in [1.82, 2.24) is 19.5 Å². The molecule has 1 unspecified atom stereocenters. The Morgan fingerprint density at radius 2 is 2.43 bits per heavy atom. The molecule has 4 atom stereocenters. The zero-order valence-corrected chi connectivity index (χ0v) is 11.1. The van der Waals surface area contributed by atoms with Gasteiger partial charge >= 0.3 is 0 Å². The number of hydrogen-bond donors (Lipinski definition) is 4. The van der Waals surface area contributed by atoms with E-state index in [0.29, 0.717) is 12.1 Å². The van der Waals surface area contributed by atoms with Crippen LogP contribution in [0.15, 0.2) is 11.1 Å². The molecule has 3 heterocycles. The third kappa shape index (κ3) is 1.53. The first-order valence-electron chi connectivity index (χ1n) is 6.75. The van der Waals surface area contributed by atoms with Gasteiger partial charge in [0.2, 0.25) is 5.95 Å². The molecule has 1 aliphatic heterocycles. The molecule has 4 rings (SSSR count). The van der Waals surface area contributed by atoms with E-state index in [1.807, 2.05) is 0 Å². The van der Waals surface area contributed by atoms with Crippen LogP contribution < -0.4 is 11.3 Å². The number of nitrogens with one attached hydrogen (secondary N) is 1. The molecule has 2 aliphatic rings. The minimum Gasteiger partial charge on any atom is -0.393 e. The first-order chi connectivity index (χ1) is 10.1. The summed E-state index contributed by atoms with van der Waals surface area (Å²) in [5, 5.41) is 19.8. The van der Waals surface area contributed by atoms with E-state index in [1.54, 1.807) is 4.57 Å². The van der Waals surface area contributed by atoms with Crippen LogP contribution in [0.5, 0.6) is 0 Å². The van der Waals surface area contributed by atoms with Crippen molar-refractivity contribution in [3.05, 3.63) is 16.7 Å². The first-order valence-corrected chi connectivity index (χ1v) is 6.75. The van der Waals surface area contributed by atoms with Gasteiger partial charge in [0, 0.05) is 5.92 Å². The lowest BCUT2D eigenvalue weighted by atomic mass is 10.0. The fraction of sp³-hybridized carbons (Fsp3) is 0.583. The number of imidazole rings is 1. The molecule has 0 radical (unpaired) electrons. The lowest BCUT2D eigenvalue weighted by molar-refractivity contribution is -0.138. The van der Waals surface area contributed by atoms with Crippen molar-refractivity contribution < 1.29 is 14.9 Å². The molecule has 112 valence electrons. The Morgan fingerprint density at radius 1 is 1.62 bits per heavy atom. The second-order valence-electron chi connectivity index (χ2n) is 5.65. The van der Waals surface area contributed by atoms with Crippen molar-refractivity contribution in [2.24, 2.45) is 5.92 Å². The van der Waals surface area contributed by atoms with Gasteiger partial charge in [-0.3, -0.25) is 14.3 Å². The SMILES string of the molecule is Nc1nc2c(ncn2[C@@H]2O[C@@]3(CO)CCC2[C@@H]3O)c(=O)[nH]1. The highest BCUT2D eigenvalue weighted by molar-refractivity contribution is 5.70. The smallest absolute Gasteiger partial charge is 0.280 e. The van der Waals surface area contributed by atoms with Gasteiger partial charge in [-0.2, -0.15) is 4.98 Å². The van der Waals surface area contributed by atoms with Crippen LogP contribution in [0.25, 0.3) is 11.2 Å². The Kier molecular flexibility index (Phi) is 2.44. The van der Waals surface area contributed by atoms with Gasteiger partial charge in [0.15, 0.2) is 11.2 Å². The second-order valence-corrected chi connectivity index (χ2v) is 5.65. The third-order valence-corrected chi connectivity index (χ3v) is 4.56. The van der Waals surface area contributed by atoms with E-state index >= 15 is 0 Å². The molecule has 5 N–H and O–H groups in total. The molecule has 9 heteroatoms. The Balaban J connectivity index is 1.84. The van der Waals surface area contributed by atoms with Crippen molar-refractivity contribution in [2.45, 2.75) is 30.8 Å². The van der Waals surface area contributed by atoms with Gasteiger partial charge in [0.1, 0.15) is 11.8 Å². The molecule has 21 heavy (non-hydrogen) atoms. The molecule has 2 aromatic rings. The number of aromatic amines is 1. The predicted octanol–water partition coefficient (Wildman–Crippen LogP) is -1.27. The molecule has 1 saturated heterocycles. The molecule has 0 amide bonds. The topological polar surface area (TPSA) is 139 Å². The van der Waals surface area contributed by atoms with E-state index in [9.17, 15) is 15.0 Å². The molecular formula is C12H15N5O4. The zero-order chi connectivity index (χ0) is 14.8. The maximum absolute atomic E-state index is 11.8. The number of fused-ring (bicyclic) bond motifs is 3. The standard InChI is InChI=1S/C12H15N5O4/c13-11-15-8-6(9(20)16-11)14-4-17(8)10-5-1-2-12(3-18,21-10)7(5)19/h4-5,7,10,18-19H,1-3H2,(H3,13,15,16,20)/t5?,7-,10+,12+/m0/s1. The fourth-order valence-corrected chi connectivity index (χ4v) is 3.46. The van der Waals surface area contributed by atoms with E-state index in [-0.39, 0.29) is 24.0 Å². The average molecular weight is 293 g/mol. The highest BCUT2D eigenvalue weighted by atomic mass is 16.6. The fourth-order valence-electron chi connectivity index (χ4n) is 3.46. The van der Waals surface area contributed by atoms with Crippen molar-refractivity contribution >= 4 is 17.1 Å². The summed E-state index contributed by atoms with van der Waals surface area (Å²) in [5.41, 5.74) is 4.70. The molecule has 2 fully saturated rings. The van der Waals surface area contributed by atoms with Gasteiger partial charge < -0.3 is 20.7 Å². The summed E-state index contributed by atoms with van der Waals surface area (Å²) in [5.74, 6) is -0.174. The molecule has 1 saturated carbocycles. The average Bonchev–Trinajstić information content (AvgIpc) is 3.09. The minimum absolute atomic E-state index is 0.00479. The summed E-state index contributed by atoms with van der Waals surface area (Å²) in [6.07, 6.45) is 1.53. The number of anilines is 1. The number of aromatic nitrogens is 4. The van der Waals surface area contributed by atoms with Crippen LogP contribution in [0.2, 0.25) is 0 Å². The summed E-state index contributed by atoms with van der Waals surface area (Å²) < 4.78 is 7.47. The Morgan fingerprint density at radius 3 is 3.14 bits per heavy atom. The van der Waals surface area contributed by atoms with Crippen molar-refractivity contribution in [1.29, 1.82) is 0 Å². The highest BCUT2D eigenvalue weighted by Crippen LogP contribution is 2.52. The molecule has 9 nitrogen and oxygen atoms in total. The van der Waals surface area contributed by atoms with Gasteiger partial charge in [0.05, 0.1) is 19.0 Å². The van der Waals surface area contributed by atoms with Gasteiger partial charge in [-0.05, 0) is 12.8 Å². The lowest BCUT2D eigenvalue weighted by Gasteiger charge is -2.29. The van der Waals surface area contributed by atoms with Gasteiger partial charge in [-0.1, -0.05) is 0 Å². The summed E-state index contributed by atoms with van der Waals surface area (Å²) in [4.78, 5) is 22.3. The number of nitrogens with zero attached hydrogens (tertiary/aromatic N) is 3. The van der Waals surface area contributed by atoms with E-state index in [2.05, 4.69) is 15.0 Å². The van der Waals surface area contributed by atoms with Gasteiger partial charge in [-0.25, -0.2) is 4.98 Å². The largest absolute Gasteiger partial charge is 0.393 e. The maximum Gasteiger partial charge on any atom is 0.280 e. The maximum atomic E-state index is 11.8. The van der Waals surface area contributed by atoms with Gasteiger partial charge in [-0.15, -0.1) is 0 Å². The minimum atomic E-state index is -0.932. The van der Waals surface area contributed by atoms with Crippen LogP contribution in [0.4, 0.5) is 5.95 Å². The number of hydrogen-bond acceptors (Lipinski definition) is 7. The number of nitrogens with two attached hydrogens (primary N) is 1. The summed E-state index contributed by atoms with van der Waals surface area (Å²) in [7, 11) is 0. The number of H-pyrrole nitrogens is 1. The van der Waals surface area contributed by atoms with E-state index in [0.717, 1.165) is 6.42 Å². The van der Waals surface area contributed by atoms with E-state index < -0.39 is 23.5 Å².